The summed E-state index contributed by atoms with van der Waals surface area (Å²) in [5, 5.41) is 5.14. The fraction of sp³-hybridized carbons (Fsp3) is 0.615. The number of hydrogen-bond donors (Lipinski definition) is 1. The van der Waals surface area contributed by atoms with Crippen LogP contribution in [0.1, 0.15) is 35.4 Å². The summed E-state index contributed by atoms with van der Waals surface area (Å²) < 4.78 is 0. The number of carbonyl (C=O) groups is 1. The topological polar surface area (TPSA) is 32.3 Å². The molecule has 4 heteroatoms. The van der Waals surface area contributed by atoms with Crippen LogP contribution in [0, 0.1) is 0 Å². The van der Waals surface area contributed by atoms with Crippen LogP contribution in [0.3, 0.4) is 0 Å². The lowest BCUT2D eigenvalue weighted by atomic mass is 9.98. The van der Waals surface area contributed by atoms with E-state index in [1.165, 1.54) is 24.2 Å². The van der Waals surface area contributed by atoms with Crippen molar-refractivity contribution in [3.63, 3.8) is 0 Å². The van der Waals surface area contributed by atoms with Crippen LogP contribution in [-0.4, -0.2) is 36.0 Å². The number of hydrogen-bond acceptors (Lipinski definition) is 3. The van der Waals surface area contributed by atoms with Gasteiger partial charge in [-0.2, -0.15) is 0 Å². The second-order valence-corrected chi connectivity index (χ2v) is 6.12. The first-order valence-corrected chi connectivity index (χ1v) is 7.18. The maximum Gasteiger partial charge on any atom is 0.261 e. The Morgan fingerprint density at radius 2 is 2.12 bits per heavy atom. The van der Waals surface area contributed by atoms with Gasteiger partial charge < -0.3 is 10.2 Å². The molecule has 2 bridgehead atoms. The predicted octanol–water partition coefficient (Wildman–Crippen LogP) is 2.10. The Morgan fingerprint density at radius 1 is 1.41 bits per heavy atom. The molecule has 1 N–H and O–H groups in total. The van der Waals surface area contributed by atoms with Crippen LogP contribution in [0.4, 0.5) is 0 Å². The predicted molar refractivity (Wildman–Crippen MR) is 69.4 cm³/mol. The first-order valence-electron chi connectivity index (χ1n) is 6.30. The number of thiophene rings is 1. The molecule has 2 aliphatic heterocycles. The molecule has 0 radical (unpaired) electrons. The zero-order chi connectivity index (χ0) is 11.8. The van der Waals surface area contributed by atoms with Gasteiger partial charge in [-0.1, -0.05) is 6.07 Å². The lowest BCUT2D eigenvalue weighted by molar-refractivity contribution is 0.0886. The van der Waals surface area contributed by atoms with E-state index in [2.05, 4.69) is 17.3 Å². The van der Waals surface area contributed by atoms with Crippen molar-refractivity contribution in [2.45, 2.75) is 43.8 Å². The third kappa shape index (κ3) is 2.11. The zero-order valence-electron chi connectivity index (χ0n) is 10.1. The van der Waals surface area contributed by atoms with Gasteiger partial charge in [0.15, 0.2) is 0 Å². The Morgan fingerprint density at radius 3 is 2.71 bits per heavy atom. The molecule has 3 rings (SSSR count). The first kappa shape index (κ1) is 11.2. The van der Waals surface area contributed by atoms with Gasteiger partial charge in [-0.15, -0.1) is 11.3 Å². The van der Waals surface area contributed by atoms with Crippen molar-refractivity contribution in [1.82, 2.24) is 10.2 Å². The lowest BCUT2D eigenvalue weighted by Gasteiger charge is -2.36. The van der Waals surface area contributed by atoms with Crippen molar-refractivity contribution < 1.29 is 4.79 Å². The maximum absolute atomic E-state index is 12.0. The summed E-state index contributed by atoms with van der Waals surface area (Å²) in [6.45, 7) is 0. The molecule has 1 unspecified atom stereocenters. The standard InChI is InChI=1S/C13H18N2OS/c1-15-10-4-5-11(15)8-9(7-10)14-13(16)12-3-2-6-17-12/h2-3,6,9-11H,4-5,7-8H2,1H3,(H,14,16)/t9?,10-,11+. The summed E-state index contributed by atoms with van der Waals surface area (Å²) in [6.07, 6.45) is 4.83. The Hall–Kier alpha value is -0.870. The Labute approximate surface area is 106 Å². The van der Waals surface area contributed by atoms with Crippen LogP contribution in [-0.2, 0) is 0 Å². The van der Waals surface area contributed by atoms with E-state index in [1.807, 2.05) is 17.5 Å². The normalized spacial score (nSPS) is 32.6. The van der Waals surface area contributed by atoms with Crippen molar-refractivity contribution in [1.29, 1.82) is 0 Å². The molecule has 3 nitrogen and oxygen atoms in total. The molecule has 1 amide bonds. The summed E-state index contributed by atoms with van der Waals surface area (Å²) in [5.74, 6) is 0.106. The SMILES string of the molecule is CN1[C@@H]2CC[C@H]1CC(NC(=O)c1cccs1)C2. The van der Waals surface area contributed by atoms with Crippen molar-refractivity contribution in [2.75, 3.05) is 7.05 Å². The fourth-order valence-corrected chi connectivity index (χ4v) is 3.82. The number of nitrogens with zero attached hydrogens (tertiary/aromatic N) is 1. The molecule has 2 aliphatic rings. The van der Waals surface area contributed by atoms with Crippen molar-refractivity contribution >= 4 is 17.2 Å². The number of fused-ring (bicyclic) bond motifs is 2. The van der Waals surface area contributed by atoms with Crippen molar-refractivity contribution in [3.8, 4) is 0 Å². The second-order valence-electron chi connectivity index (χ2n) is 5.17. The number of rotatable bonds is 2. The molecule has 3 heterocycles. The van der Waals surface area contributed by atoms with Gasteiger partial charge in [0.25, 0.3) is 5.91 Å². The highest BCUT2D eigenvalue weighted by Crippen LogP contribution is 2.34. The molecular weight excluding hydrogens is 232 g/mol. The van der Waals surface area contributed by atoms with Crippen molar-refractivity contribution in [3.05, 3.63) is 22.4 Å². The Balaban J connectivity index is 1.62. The van der Waals surface area contributed by atoms with Gasteiger partial charge in [-0.05, 0) is 44.2 Å². The Bertz CT molecular complexity index is 390. The molecule has 1 aromatic heterocycles. The zero-order valence-corrected chi connectivity index (χ0v) is 10.9. The highest BCUT2D eigenvalue weighted by atomic mass is 32.1. The summed E-state index contributed by atoms with van der Waals surface area (Å²) >= 11 is 1.51. The molecule has 0 spiro atoms. The minimum atomic E-state index is 0.106. The minimum absolute atomic E-state index is 0.106. The molecule has 3 atom stereocenters. The Kier molecular flexibility index (Phi) is 2.92. The quantitative estimate of drug-likeness (QED) is 0.872. The van der Waals surface area contributed by atoms with Crippen LogP contribution in [0.25, 0.3) is 0 Å². The third-order valence-electron chi connectivity index (χ3n) is 4.18. The van der Waals surface area contributed by atoms with Gasteiger partial charge in [0.05, 0.1) is 4.88 Å². The maximum atomic E-state index is 12.0. The largest absolute Gasteiger partial charge is 0.348 e. The molecular formula is C13H18N2OS. The number of amides is 1. The van der Waals surface area contributed by atoms with Gasteiger partial charge in [-0.3, -0.25) is 4.79 Å². The van der Waals surface area contributed by atoms with Crippen LogP contribution in [0.15, 0.2) is 17.5 Å². The highest BCUT2D eigenvalue weighted by molar-refractivity contribution is 7.12. The molecule has 0 saturated carbocycles. The van der Waals surface area contributed by atoms with Gasteiger partial charge in [0.2, 0.25) is 0 Å². The van der Waals surface area contributed by atoms with Crippen LogP contribution < -0.4 is 5.32 Å². The summed E-state index contributed by atoms with van der Waals surface area (Å²) in [7, 11) is 2.22. The van der Waals surface area contributed by atoms with E-state index in [-0.39, 0.29) is 5.91 Å². The third-order valence-corrected chi connectivity index (χ3v) is 5.05. The number of nitrogens with one attached hydrogen (secondary N) is 1. The van der Waals surface area contributed by atoms with Crippen LogP contribution >= 0.6 is 11.3 Å². The molecule has 0 aromatic carbocycles. The van der Waals surface area contributed by atoms with E-state index >= 15 is 0 Å². The lowest BCUT2D eigenvalue weighted by Crippen LogP contribution is -2.48. The van der Waals surface area contributed by atoms with Gasteiger partial charge in [0.1, 0.15) is 0 Å². The molecule has 92 valence electrons. The van der Waals surface area contributed by atoms with E-state index in [1.54, 1.807) is 0 Å². The number of piperidine rings is 1. The highest BCUT2D eigenvalue weighted by Gasteiger charge is 2.38. The second kappa shape index (κ2) is 4.42. The molecule has 17 heavy (non-hydrogen) atoms. The minimum Gasteiger partial charge on any atom is -0.348 e. The summed E-state index contributed by atoms with van der Waals surface area (Å²) in [5.41, 5.74) is 0. The van der Waals surface area contributed by atoms with E-state index < -0.39 is 0 Å². The molecule has 2 fully saturated rings. The smallest absolute Gasteiger partial charge is 0.261 e. The van der Waals surface area contributed by atoms with Crippen LogP contribution in [0.5, 0.6) is 0 Å². The van der Waals surface area contributed by atoms with Crippen molar-refractivity contribution in [2.24, 2.45) is 0 Å². The summed E-state index contributed by atoms with van der Waals surface area (Å²) in [6, 6.07) is 5.56. The van der Waals surface area contributed by atoms with E-state index in [0.29, 0.717) is 18.1 Å². The number of carbonyl (C=O) groups excluding carboxylic acids is 1. The van der Waals surface area contributed by atoms with Gasteiger partial charge >= 0.3 is 0 Å². The van der Waals surface area contributed by atoms with Gasteiger partial charge in [0, 0.05) is 18.1 Å². The monoisotopic (exact) mass is 250 g/mol. The average Bonchev–Trinajstić information content (AvgIpc) is 2.88. The molecule has 1 aromatic rings. The van der Waals surface area contributed by atoms with E-state index in [0.717, 1.165) is 17.7 Å². The molecule has 2 saturated heterocycles. The van der Waals surface area contributed by atoms with Crippen LogP contribution in [0.2, 0.25) is 0 Å². The van der Waals surface area contributed by atoms with Gasteiger partial charge in [-0.25, -0.2) is 0 Å². The molecule has 0 aliphatic carbocycles. The summed E-state index contributed by atoms with van der Waals surface area (Å²) in [4.78, 5) is 15.3. The van der Waals surface area contributed by atoms with E-state index in [4.69, 9.17) is 0 Å². The van der Waals surface area contributed by atoms with E-state index in [9.17, 15) is 4.79 Å². The average molecular weight is 250 g/mol. The fourth-order valence-electron chi connectivity index (χ4n) is 3.19. The first-order chi connectivity index (χ1) is 8.24.